The molecule has 0 aliphatic heterocycles. The summed E-state index contributed by atoms with van der Waals surface area (Å²) in [5.41, 5.74) is 1.59. The monoisotopic (exact) mass is 248 g/mol. The third-order valence-electron chi connectivity index (χ3n) is 4.22. The zero-order chi connectivity index (χ0) is 13.6. The van der Waals surface area contributed by atoms with Crippen LogP contribution in [0.1, 0.15) is 32.8 Å². The molecule has 0 saturated heterocycles. The van der Waals surface area contributed by atoms with Crippen LogP contribution in [0.5, 0.6) is 0 Å². The summed E-state index contributed by atoms with van der Waals surface area (Å²) in [4.78, 5) is 2.35. The van der Waals surface area contributed by atoms with Crippen LogP contribution in [-0.4, -0.2) is 37.1 Å². The lowest BCUT2D eigenvalue weighted by molar-refractivity contribution is 0.113. The van der Waals surface area contributed by atoms with Crippen molar-refractivity contribution in [2.45, 2.75) is 45.2 Å². The fourth-order valence-electron chi connectivity index (χ4n) is 2.48. The molecule has 0 aliphatic rings. The van der Waals surface area contributed by atoms with Gasteiger partial charge < -0.3 is 10.2 Å². The molecule has 2 nitrogen and oxygen atoms in total. The van der Waals surface area contributed by atoms with Crippen molar-refractivity contribution in [3.8, 4) is 0 Å². The molecule has 0 radical (unpaired) electrons. The summed E-state index contributed by atoms with van der Waals surface area (Å²) in [6.07, 6.45) is 2.22. The van der Waals surface area contributed by atoms with E-state index in [4.69, 9.17) is 0 Å². The number of likely N-dealkylation sites (N-methyl/N-ethyl adjacent to an activating group) is 2. The van der Waals surface area contributed by atoms with Gasteiger partial charge in [-0.05, 0) is 46.0 Å². The Bertz CT molecular complexity index is 334. The molecule has 1 aromatic carbocycles. The fraction of sp³-hybridized carbons (Fsp3) is 0.625. The number of nitrogens with zero attached hydrogens (tertiary/aromatic N) is 1. The van der Waals surface area contributed by atoms with Gasteiger partial charge in [0, 0.05) is 11.6 Å². The van der Waals surface area contributed by atoms with Gasteiger partial charge in [0.2, 0.25) is 0 Å². The number of nitrogens with one attached hydrogen (secondary N) is 1. The van der Waals surface area contributed by atoms with E-state index in [0.29, 0.717) is 6.04 Å². The maximum atomic E-state index is 3.66. The highest BCUT2D eigenvalue weighted by Crippen LogP contribution is 2.23. The van der Waals surface area contributed by atoms with Crippen molar-refractivity contribution in [2.24, 2.45) is 0 Å². The Hall–Kier alpha value is -0.860. The molecule has 0 aromatic heterocycles. The van der Waals surface area contributed by atoms with Gasteiger partial charge >= 0.3 is 0 Å². The quantitative estimate of drug-likeness (QED) is 0.798. The molecule has 0 saturated carbocycles. The lowest BCUT2D eigenvalue weighted by atomic mass is 9.84. The van der Waals surface area contributed by atoms with Crippen LogP contribution in [0.2, 0.25) is 0 Å². The van der Waals surface area contributed by atoms with E-state index in [1.54, 1.807) is 0 Å². The minimum atomic E-state index is 0.186. The van der Waals surface area contributed by atoms with E-state index < -0.39 is 0 Å². The zero-order valence-corrected chi connectivity index (χ0v) is 12.5. The Morgan fingerprint density at radius 3 is 2.22 bits per heavy atom. The Balaban J connectivity index is 2.88. The second-order valence-corrected chi connectivity index (χ2v) is 5.41. The van der Waals surface area contributed by atoms with Crippen LogP contribution < -0.4 is 5.32 Å². The highest BCUT2D eigenvalue weighted by Gasteiger charge is 2.33. The van der Waals surface area contributed by atoms with E-state index in [1.165, 1.54) is 5.56 Å². The van der Waals surface area contributed by atoms with Gasteiger partial charge in [-0.25, -0.2) is 0 Å². The summed E-state index contributed by atoms with van der Waals surface area (Å²) >= 11 is 0. The van der Waals surface area contributed by atoms with Crippen LogP contribution >= 0.6 is 0 Å². The van der Waals surface area contributed by atoms with Gasteiger partial charge in [-0.15, -0.1) is 0 Å². The van der Waals surface area contributed by atoms with Crippen LogP contribution in [-0.2, 0) is 6.42 Å². The maximum absolute atomic E-state index is 3.66. The van der Waals surface area contributed by atoms with Crippen LogP contribution in [0.15, 0.2) is 30.3 Å². The standard InChI is InChI=1S/C16H28N2/c1-6-16(3,18(4)5)15(17-7-2)13-14-11-9-8-10-12-14/h8-12,15,17H,6-7,13H2,1-5H3. The van der Waals surface area contributed by atoms with E-state index in [0.717, 1.165) is 19.4 Å². The first-order valence-electron chi connectivity index (χ1n) is 6.99. The van der Waals surface area contributed by atoms with Crippen LogP contribution in [0.3, 0.4) is 0 Å². The Morgan fingerprint density at radius 1 is 1.17 bits per heavy atom. The molecule has 1 aromatic rings. The Labute approximate surface area is 112 Å². The first kappa shape index (κ1) is 15.2. The van der Waals surface area contributed by atoms with Crippen molar-refractivity contribution in [3.05, 3.63) is 35.9 Å². The van der Waals surface area contributed by atoms with Gasteiger partial charge in [0.25, 0.3) is 0 Å². The molecular weight excluding hydrogens is 220 g/mol. The first-order valence-corrected chi connectivity index (χ1v) is 6.99. The predicted octanol–water partition coefficient (Wildman–Crippen LogP) is 2.94. The SMILES string of the molecule is CCNC(Cc1ccccc1)C(C)(CC)N(C)C. The number of hydrogen-bond acceptors (Lipinski definition) is 2. The van der Waals surface area contributed by atoms with E-state index in [-0.39, 0.29) is 5.54 Å². The van der Waals surface area contributed by atoms with Gasteiger partial charge in [0.1, 0.15) is 0 Å². The summed E-state index contributed by atoms with van der Waals surface area (Å²) in [5.74, 6) is 0. The number of rotatable bonds is 7. The highest BCUT2D eigenvalue weighted by atomic mass is 15.2. The van der Waals surface area contributed by atoms with Gasteiger partial charge in [-0.1, -0.05) is 44.2 Å². The first-order chi connectivity index (χ1) is 8.54. The molecule has 0 spiro atoms. The summed E-state index contributed by atoms with van der Waals surface area (Å²) < 4.78 is 0. The topological polar surface area (TPSA) is 15.3 Å². The van der Waals surface area contributed by atoms with Crippen LogP contribution in [0.25, 0.3) is 0 Å². The molecule has 1 N–H and O–H groups in total. The van der Waals surface area contributed by atoms with E-state index in [1.807, 2.05) is 0 Å². The van der Waals surface area contributed by atoms with E-state index >= 15 is 0 Å². The van der Waals surface area contributed by atoms with Crippen molar-refractivity contribution in [3.63, 3.8) is 0 Å². The van der Waals surface area contributed by atoms with Crippen molar-refractivity contribution in [2.75, 3.05) is 20.6 Å². The van der Waals surface area contributed by atoms with Crippen molar-refractivity contribution >= 4 is 0 Å². The summed E-state index contributed by atoms with van der Waals surface area (Å²) in [6.45, 7) is 7.82. The van der Waals surface area contributed by atoms with Crippen molar-refractivity contribution < 1.29 is 0 Å². The normalized spacial score (nSPS) is 16.6. The average molecular weight is 248 g/mol. The van der Waals surface area contributed by atoms with Gasteiger partial charge in [-0.2, -0.15) is 0 Å². The largest absolute Gasteiger partial charge is 0.312 e. The molecule has 2 heteroatoms. The van der Waals surface area contributed by atoms with E-state index in [9.17, 15) is 0 Å². The highest BCUT2D eigenvalue weighted by molar-refractivity contribution is 5.17. The van der Waals surface area contributed by atoms with Crippen LogP contribution in [0, 0.1) is 0 Å². The van der Waals surface area contributed by atoms with Gasteiger partial charge in [0.15, 0.2) is 0 Å². The summed E-state index contributed by atoms with van der Waals surface area (Å²) in [7, 11) is 4.36. The van der Waals surface area contributed by atoms with Gasteiger partial charge in [0.05, 0.1) is 0 Å². The summed E-state index contributed by atoms with van der Waals surface area (Å²) in [5, 5.41) is 3.66. The zero-order valence-electron chi connectivity index (χ0n) is 12.5. The smallest absolute Gasteiger partial charge is 0.0328 e. The molecule has 2 atom stereocenters. The molecule has 2 unspecified atom stereocenters. The Morgan fingerprint density at radius 2 is 1.78 bits per heavy atom. The third kappa shape index (κ3) is 3.56. The predicted molar refractivity (Wildman–Crippen MR) is 80.0 cm³/mol. The fourth-order valence-corrected chi connectivity index (χ4v) is 2.48. The third-order valence-corrected chi connectivity index (χ3v) is 4.22. The molecule has 18 heavy (non-hydrogen) atoms. The molecule has 0 bridgehead atoms. The molecule has 0 heterocycles. The average Bonchev–Trinajstić information content (AvgIpc) is 2.38. The van der Waals surface area contributed by atoms with Crippen molar-refractivity contribution in [1.82, 2.24) is 10.2 Å². The maximum Gasteiger partial charge on any atom is 0.0328 e. The van der Waals surface area contributed by atoms with E-state index in [2.05, 4.69) is 75.4 Å². The lowest BCUT2D eigenvalue weighted by Crippen LogP contribution is -2.57. The number of benzene rings is 1. The molecular formula is C16H28N2. The molecule has 1 rings (SSSR count). The molecule has 0 aliphatic carbocycles. The summed E-state index contributed by atoms with van der Waals surface area (Å²) in [6, 6.07) is 11.2. The minimum Gasteiger partial charge on any atom is -0.312 e. The van der Waals surface area contributed by atoms with Crippen LogP contribution in [0.4, 0.5) is 0 Å². The second-order valence-electron chi connectivity index (χ2n) is 5.41. The molecule has 102 valence electrons. The number of hydrogen-bond donors (Lipinski definition) is 1. The lowest BCUT2D eigenvalue weighted by Gasteiger charge is -2.43. The van der Waals surface area contributed by atoms with Crippen molar-refractivity contribution in [1.29, 1.82) is 0 Å². The Kier molecular flexibility index (Phi) is 5.83. The molecule has 0 fully saturated rings. The minimum absolute atomic E-state index is 0.186. The second kappa shape index (κ2) is 6.91. The molecule has 0 amide bonds. The van der Waals surface area contributed by atoms with Gasteiger partial charge in [-0.3, -0.25) is 0 Å².